The Labute approximate surface area is 166 Å². The first-order valence-corrected chi connectivity index (χ1v) is 8.55. The van der Waals surface area contributed by atoms with Crippen LogP contribution in [0.1, 0.15) is 38.8 Å². The molecule has 0 fully saturated rings. The third-order valence-electron chi connectivity index (χ3n) is 3.94. The molecule has 1 atom stereocenters. The van der Waals surface area contributed by atoms with Gasteiger partial charge in [0.15, 0.2) is 5.96 Å². The lowest BCUT2D eigenvalue weighted by atomic mass is 10.3. The van der Waals surface area contributed by atoms with Gasteiger partial charge in [0, 0.05) is 26.1 Å². The molecule has 2 heterocycles. The molecule has 0 aromatic carbocycles. The van der Waals surface area contributed by atoms with Gasteiger partial charge in [-0.1, -0.05) is 13.8 Å². The number of guanidine groups is 1. The Kier molecular flexibility index (Phi) is 9.54. The normalized spacial score (nSPS) is 12.6. The molecular weight excluding hydrogens is 431 g/mol. The van der Waals surface area contributed by atoms with Crippen LogP contribution in [-0.4, -0.2) is 45.3 Å². The molecule has 0 saturated carbocycles. The first kappa shape index (κ1) is 21.5. The van der Waals surface area contributed by atoms with E-state index in [1.54, 1.807) is 12.6 Å². The van der Waals surface area contributed by atoms with Crippen molar-refractivity contribution in [3.8, 4) is 0 Å². The van der Waals surface area contributed by atoms with E-state index >= 15 is 0 Å². The fourth-order valence-corrected chi connectivity index (χ4v) is 2.31. The molecule has 2 aromatic heterocycles. The van der Waals surface area contributed by atoms with E-state index in [1.807, 2.05) is 19.2 Å². The second-order valence-electron chi connectivity index (χ2n) is 5.89. The maximum Gasteiger partial charge on any atom is 0.194 e. The molecule has 1 N–H and O–H groups in total. The van der Waals surface area contributed by atoms with Crippen LogP contribution in [0.5, 0.6) is 0 Å². The van der Waals surface area contributed by atoms with E-state index in [9.17, 15) is 0 Å². The van der Waals surface area contributed by atoms with E-state index in [0.29, 0.717) is 19.1 Å². The fourth-order valence-electron chi connectivity index (χ4n) is 2.31. The highest BCUT2D eigenvalue weighted by Gasteiger charge is 2.11. The Hall–Kier alpha value is -1.58. The van der Waals surface area contributed by atoms with Crippen molar-refractivity contribution >= 4 is 29.9 Å². The number of aromatic nitrogens is 3. The van der Waals surface area contributed by atoms with Crippen LogP contribution >= 0.6 is 24.0 Å². The molecule has 7 nitrogen and oxygen atoms in total. The summed E-state index contributed by atoms with van der Waals surface area (Å²) in [5.41, 5.74) is 0. The van der Waals surface area contributed by atoms with Crippen LogP contribution < -0.4 is 5.32 Å². The number of aryl methyl sites for hydroxylation is 1. The summed E-state index contributed by atoms with van der Waals surface area (Å²) < 4.78 is 7.49. The minimum atomic E-state index is 0. The molecule has 25 heavy (non-hydrogen) atoms. The minimum Gasteiger partial charge on any atom is -0.467 e. The van der Waals surface area contributed by atoms with Gasteiger partial charge < -0.3 is 19.2 Å². The van der Waals surface area contributed by atoms with Crippen LogP contribution in [-0.2, 0) is 19.5 Å². The first-order chi connectivity index (χ1) is 11.6. The highest BCUT2D eigenvalue weighted by atomic mass is 127. The Bertz CT molecular complexity index is 625. The van der Waals surface area contributed by atoms with Crippen molar-refractivity contribution < 1.29 is 4.42 Å². The minimum absolute atomic E-state index is 0. The zero-order valence-electron chi connectivity index (χ0n) is 15.5. The zero-order chi connectivity index (χ0) is 17.4. The third kappa shape index (κ3) is 6.68. The number of aliphatic imine (C=N–C) groups is 1. The lowest BCUT2D eigenvalue weighted by Gasteiger charge is -2.24. The van der Waals surface area contributed by atoms with Crippen molar-refractivity contribution in [3.05, 3.63) is 36.3 Å². The predicted octanol–water partition coefficient (Wildman–Crippen LogP) is 2.93. The van der Waals surface area contributed by atoms with Gasteiger partial charge in [0.1, 0.15) is 17.9 Å². The second-order valence-corrected chi connectivity index (χ2v) is 5.89. The lowest BCUT2D eigenvalue weighted by Crippen LogP contribution is -2.43. The van der Waals surface area contributed by atoms with Gasteiger partial charge in [-0.3, -0.25) is 4.99 Å². The largest absolute Gasteiger partial charge is 0.467 e. The van der Waals surface area contributed by atoms with Gasteiger partial charge in [0.2, 0.25) is 0 Å². The molecular formula is C17H29IN6O. The summed E-state index contributed by atoms with van der Waals surface area (Å²) >= 11 is 0. The van der Waals surface area contributed by atoms with Crippen LogP contribution in [0.2, 0.25) is 0 Å². The molecule has 140 valence electrons. The van der Waals surface area contributed by atoms with E-state index in [1.165, 1.54) is 0 Å². The number of hydrogen-bond donors (Lipinski definition) is 1. The molecule has 2 aromatic rings. The Morgan fingerprint density at radius 1 is 1.44 bits per heavy atom. The molecule has 2 rings (SSSR count). The molecule has 0 radical (unpaired) electrons. The van der Waals surface area contributed by atoms with E-state index < -0.39 is 0 Å². The number of rotatable bonds is 8. The molecule has 1 unspecified atom stereocenters. The standard InChI is InChI=1S/C17H28N6O.HI/c1-5-14(3)20-17(22(4)12-15-8-7-11-24-15)18-9-10-23-13-19-21-16(23)6-2;/h7-8,11,13-14H,5-6,9-10,12H2,1-4H3,(H,18,20);1H. The summed E-state index contributed by atoms with van der Waals surface area (Å²) in [6.07, 6.45) is 5.38. The van der Waals surface area contributed by atoms with E-state index in [2.05, 4.69) is 45.8 Å². The molecule has 0 spiro atoms. The zero-order valence-corrected chi connectivity index (χ0v) is 17.8. The molecule has 0 saturated heterocycles. The molecule has 0 aliphatic carbocycles. The van der Waals surface area contributed by atoms with E-state index in [0.717, 1.165) is 36.9 Å². The predicted molar refractivity (Wildman–Crippen MR) is 110 cm³/mol. The van der Waals surface area contributed by atoms with Gasteiger partial charge in [-0.25, -0.2) is 0 Å². The van der Waals surface area contributed by atoms with Gasteiger partial charge in [0.05, 0.1) is 19.4 Å². The number of hydrogen-bond acceptors (Lipinski definition) is 4. The van der Waals surface area contributed by atoms with Gasteiger partial charge in [-0.2, -0.15) is 0 Å². The average Bonchev–Trinajstić information content (AvgIpc) is 3.24. The summed E-state index contributed by atoms with van der Waals surface area (Å²) in [6.45, 7) is 8.53. The number of nitrogens with one attached hydrogen (secondary N) is 1. The van der Waals surface area contributed by atoms with Crippen molar-refractivity contribution in [2.24, 2.45) is 4.99 Å². The Morgan fingerprint density at radius 2 is 2.24 bits per heavy atom. The van der Waals surface area contributed by atoms with Crippen molar-refractivity contribution in [1.82, 2.24) is 25.0 Å². The van der Waals surface area contributed by atoms with Crippen molar-refractivity contribution in [2.75, 3.05) is 13.6 Å². The first-order valence-electron chi connectivity index (χ1n) is 8.55. The fraction of sp³-hybridized carbons (Fsp3) is 0.588. The summed E-state index contributed by atoms with van der Waals surface area (Å²) in [4.78, 5) is 6.84. The van der Waals surface area contributed by atoms with Crippen molar-refractivity contribution in [1.29, 1.82) is 0 Å². The Morgan fingerprint density at radius 3 is 2.88 bits per heavy atom. The molecule has 8 heteroatoms. The summed E-state index contributed by atoms with van der Waals surface area (Å²) in [5.74, 6) is 2.79. The number of halogens is 1. The topological polar surface area (TPSA) is 71.5 Å². The smallest absolute Gasteiger partial charge is 0.194 e. The summed E-state index contributed by atoms with van der Waals surface area (Å²) in [7, 11) is 2.02. The van der Waals surface area contributed by atoms with E-state index in [-0.39, 0.29) is 24.0 Å². The van der Waals surface area contributed by atoms with E-state index in [4.69, 9.17) is 9.41 Å². The van der Waals surface area contributed by atoms with Crippen molar-refractivity contribution in [3.63, 3.8) is 0 Å². The summed E-state index contributed by atoms with van der Waals surface area (Å²) in [5, 5.41) is 11.5. The average molecular weight is 460 g/mol. The maximum atomic E-state index is 5.43. The molecule has 0 bridgehead atoms. The van der Waals surface area contributed by atoms with Crippen LogP contribution in [0.25, 0.3) is 0 Å². The third-order valence-corrected chi connectivity index (χ3v) is 3.94. The monoisotopic (exact) mass is 460 g/mol. The van der Waals surface area contributed by atoms with Gasteiger partial charge in [-0.05, 0) is 25.5 Å². The van der Waals surface area contributed by atoms with Gasteiger partial charge in [-0.15, -0.1) is 34.2 Å². The Balaban J connectivity index is 0.00000312. The summed E-state index contributed by atoms with van der Waals surface area (Å²) in [6, 6.07) is 4.24. The lowest BCUT2D eigenvalue weighted by molar-refractivity contribution is 0.393. The van der Waals surface area contributed by atoms with Crippen LogP contribution in [0.3, 0.4) is 0 Å². The molecule has 0 amide bonds. The van der Waals surface area contributed by atoms with Gasteiger partial charge in [0.25, 0.3) is 0 Å². The van der Waals surface area contributed by atoms with Crippen LogP contribution in [0.15, 0.2) is 34.1 Å². The number of furan rings is 1. The number of nitrogens with zero attached hydrogens (tertiary/aromatic N) is 5. The highest BCUT2D eigenvalue weighted by molar-refractivity contribution is 14.0. The van der Waals surface area contributed by atoms with Gasteiger partial charge >= 0.3 is 0 Å². The molecule has 0 aliphatic rings. The second kappa shape index (κ2) is 11.1. The van der Waals surface area contributed by atoms with Crippen LogP contribution in [0, 0.1) is 0 Å². The quantitative estimate of drug-likeness (QED) is 0.373. The molecule has 0 aliphatic heterocycles. The maximum absolute atomic E-state index is 5.43. The SMILES string of the molecule is CCc1nncn1CCN=C(NC(C)CC)N(C)Cc1ccco1.I. The highest BCUT2D eigenvalue weighted by Crippen LogP contribution is 2.05. The van der Waals surface area contributed by atoms with Crippen molar-refractivity contribution in [2.45, 2.75) is 52.7 Å². The van der Waals surface area contributed by atoms with Crippen LogP contribution in [0.4, 0.5) is 0 Å².